The highest BCUT2D eigenvalue weighted by molar-refractivity contribution is 5.14. The number of benzene rings is 1. The largest absolute Gasteiger partial charge is 0.309 e. The minimum atomic E-state index is 0.660. The maximum Gasteiger partial charge on any atom is 0.0534 e. The predicted molar refractivity (Wildman–Crippen MR) is 72.1 cm³/mol. The van der Waals surface area contributed by atoms with Gasteiger partial charge in [-0.05, 0) is 24.8 Å². The molecule has 0 spiro atoms. The van der Waals surface area contributed by atoms with Gasteiger partial charge in [-0.25, -0.2) is 0 Å². The van der Waals surface area contributed by atoms with Crippen molar-refractivity contribution in [3.05, 3.63) is 53.9 Å². The Morgan fingerprint density at radius 3 is 2.61 bits per heavy atom. The van der Waals surface area contributed by atoms with E-state index >= 15 is 0 Å². The zero-order valence-corrected chi connectivity index (χ0v) is 10.5. The van der Waals surface area contributed by atoms with Gasteiger partial charge in [-0.2, -0.15) is 5.10 Å². The molecule has 1 aromatic heterocycles. The van der Waals surface area contributed by atoms with E-state index in [1.807, 2.05) is 12.3 Å². The summed E-state index contributed by atoms with van der Waals surface area (Å²) in [6, 6.07) is 11.1. The van der Waals surface area contributed by atoms with Crippen molar-refractivity contribution in [2.45, 2.75) is 38.4 Å². The summed E-state index contributed by atoms with van der Waals surface area (Å²) in [4.78, 5) is 0. The van der Waals surface area contributed by atoms with Crippen LogP contribution >= 0.6 is 0 Å². The number of aromatic nitrogens is 2. The third-order valence-electron chi connectivity index (χ3n) is 3.60. The number of hydrogen-bond donors (Lipinski definition) is 1. The van der Waals surface area contributed by atoms with E-state index in [1.165, 1.54) is 30.4 Å². The van der Waals surface area contributed by atoms with E-state index in [4.69, 9.17) is 0 Å². The van der Waals surface area contributed by atoms with Gasteiger partial charge in [-0.15, -0.1) is 0 Å². The van der Waals surface area contributed by atoms with Gasteiger partial charge in [0.15, 0.2) is 0 Å². The van der Waals surface area contributed by atoms with Crippen LogP contribution in [0.2, 0.25) is 0 Å². The molecular weight excluding hydrogens is 222 g/mol. The SMILES string of the molecule is c1ccc(CNCc2cnn(C3CCC3)c2)cc1. The van der Waals surface area contributed by atoms with E-state index in [2.05, 4.69) is 45.6 Å². The highest BCUT2D eigenvalue weighted by Crippen LogP contribution is 2.30. The number of rotatable bonds is 5. The summed E-state index contributed by atoms with van der Waals surface area (Å²) in [5.41, 5.74) is 2.60. The van der Waals surface area contributed by atoms with Crippen molar-refractivity contribution in [3.63, 3.8) is 0 Å². The molecule has 1 fully saturated rings. The van der Waals surface area contributed by atoms with E-state index in [-0.39, 0.29) is 0 Å². The van der Waals surface area contributed by atoms with Crippen LogP contribution < -0.4 is 5.32 Å². The van der Waals surface area contributed by atoms with Crippen LogP contribution in [0.15, 0.2) is 42.7 Å². The summed E-state index contributed by atoms with van der Waals surface area (Å²) in [7, 11) is 0. The maximum atomic E-state index is 4.44. The topological polar surface area (TPSA) is 29.9 Å². The lowest BCUT2D eigenvalue weighted by Gasteiger charge is -2.25. The van der Waals surface area contributed by atoms with E-state index in [0.717, 1.165) is 13.1 Å². The highest BCUT2D eigenvalue weighted by atomic mass is 15.3. The third kappa shape index (κ3) is 2.62. The average molecular weight is 241 g/mol. The molecule has 0 radical (unpaired) electrons. The highest BCUT2D eigenvalue weighted by Gasteiger charge is 2.19. The fraction of sp³-hybridized carbons (Fsp3) is 0.400. The first-order valence-corrected chi connectivity index (χ1v) is 6.69. The molecule has 0 amide bonds. The second kappa shape index (κ2) is 5.36. The monoisotopic (exact) mass is 241 g/mol. The molecule has 3 heteroatoms. The molecule has 1 saturated carbocycles. The fourth-order valence-electron chi connectivity index (χ4n) is 2.27. The van der Waals surface area contributed by atoms with Crippen molar-refractivity contribution in [3.8, 4) is 0 Å². The molecule has 1 aromatic carbocycles. The van der Waals surface area contributed by atoms with Crippen LogP contribution in [-0.4, -0.2) is 9.78 Å². The average Bonchev–Trinajstić information content (AvgIpc) is 2.77. The molecule has 0 unspecified atom stereocenters. The summed E-state index contributed by atoms with van der Waals surface area (Å²) >= 11 is 0. The lowest BCUT2D eigenvalue weighted by Crippen LogP contribution is -2.17. The van der Waals surface area contributed by atoms with Gasteiger partial charge >= 0.3 is 0 Å². The zero-order chi connectivity index (χ0) is 12.2. The van der Waals surface area contributed by atoms with Gasteiger partial charge in [0.1, 0.15) is 0 Å². The molecule has 1 aliphatic carbocycles. The minimum Gasteiger partial charge on any atom is -0.309 e. The molecule has 0 saturated heterocycles. The molecule has 0 aliphatic heterocycles. The molecule has 94 valence electrons. The molecule has 1 N–H and O–H groups in total. The summed E-state index contributed by atoms with van der Waals surface area (Å²) in [5.74, 6) is 0. The Kier molecular flexibility index (Phi) is 3.42. The van der Waals surface area contributed by atoms with Crippen LogP contribution in [0.4, 0.5) is 0 Å². The first-order valence-electron chi connectivity index (χ1n) is 6.69. The van der Waals surface area contributed by atoms with Gasteiger partial charge in [-0.3, -0.25) is 4.68 Å². The first kappa shape index (κ1) is 11.5. The Labute approximate surface area is 108 Å². The van der Waals surface area contributed by atoms with Gasteiger partial charge in [0.2, 0.25) is 0 Å². The number of hydrogen-bond acceptors (Lipinski definition) is 2. The Morgan fingerprint density at radius 1 is 1.11 bits per heavy atom. The van der Waals surface area contributed by atoms with E-state index in [1.54, 1.807) is 0 Å². The van der Waals surface area contributed by atoms with E-state index < -0.39 is 0 Å². The minimum absolute atomic E-state index is 0.660. The Balaban J connectivity index is 1.49. The molecule has 3 nitrogen and oxygen atoms in total. The van der Waals surface area contributed by atoms with Crippen LogP contribution in [0, 0.1) is 0 Å². The molecule has 1 aliphatic rings. The Bertz CT molecular complexity index is 485. The normalized spacial score (nSPS) is 15.6. The summed E-state index contributed by atoms with van der Waals surface area (Å²) in [6.45, 7) is 1.80. The van der Waals surface area contributed by atoms with Crippen LogP contribution in [-0.2, 0) is 13.1 Å². The second-order valence-corrected chi connectivity index (χ2v) is 5.00. The van der Waals surface area contributed by atoms with Crippen molar-refractivity contribution in [2.24, 2.45) is 0 Å². The quantitative estimate of drug-likeness (QED) is 0.872. The van der Waals surface area contributed by atoms with Crippen molar-refractivity contribution in [1.82, 2.24) is 15.1 Å². The summed E-state index contributed by atoms with van der Waals surface area (Å²) < 4.78 is 2.13. The van der Waals surface area contributed by atoms with Crippen molar-refractivity contribution >= 4 is 0 Å². The smallest absolute Gasteiger partial charge is 0.0534 e. The van der Waals surface area contributed by atoms with Gasteiger partial charge in [0, 0.05) is 24.8 Å². The summed E-state index contributed by atoms with van der Waals surface area (Å²) in [6.07, 6.45) is 8.10. The number of nitrogens with one attached hydrogen (secondary N) is 1. The molecule has 0 bridgehead atoms. The molecule has 18 heavy (non-hydrogen) atoms. The van der Waals surface area contributed by atoms with Crippen LogP contribution in [0.1, 0.15) is 36.4 Å². The maximum absolute atomic E-state index is 4.44. The third-order valence-corrected chi connectivity index (χ3v) is 3.60. The lowest BCUT2D eigenvalue weighted by molar-refractivity contribution is 0.289. The Morgan fingerprint density at radius 2 is 1.89 bits per heavy atom. The molecule has 2 aromatic rings. The molecule has 1 heterocycles. The van der Waals surface area contributed by atoms with Gasteiger partial charge in [0.05, 0.1) is 12.2 Å². The number of nitrogens with zero attached hydrogens (tertiary/aromatic N) is 2. The van der Waals surface area contributed by atoms with Crippen molar-refractivity contribution in [1.29, 1.82) is 0 Å². The fourth-order valence-corrected chi connectivity index (χ4v) is 2.27. The zero-order valence-electron chi connectivity index (χ0n) is 10.5. The standard InChI is InChI=1S/C15H19N3/c1-2-5-13(6-3-1)9-16-10-14-11-17-18(12-14)15-7-4-8-15/h1-3,5-6,11-12,15-16H,4,7-10H2. The van der Waals surface area contributed by atoms with Crippen LogP contribution in [0.25, 0.3) is 0 Å². The van der Waals surface area contributed by atoms with E-state index in [0.29, 0.717) is 6.04 Å². The van der Waals surface area contributed by atoms with Crippen molar-refractivity contribution in [2.75, 3.05) is 0 Å². The van der Waals surface area contributed by atoms with Gasteiger partial charge in [-0.1, -0.05) is 30.3 Å². The first-order chi connectivity index (χ1) is 8.92. The van der Waals surface area contributed by atoms with Gasteiger partial charge in [0.25, 0.3) is 0 Å². The molecular formula is C15H19N3. The second-order valence-electron chi connectivity index (χ2n) is 5.00. The van der Waals surface area contributed by atoms with Gasteiger partial charge < -0.3 is 5.32 Å². The molecule has 3 rings (SSSR count). The van der Waals surface area contributed by atoms with Crippen molar-refractivity contribution < 1.29 is 0 Å². The Hall–Kier alpha value is -1.61. The van der Waals surface area contributed by atoms with Crippen LogP contribution in [0.5, 0.6) is 0 Å². The lowest BCUT2D eigenvalue weighted by atomic mass is 9.93. The predicted octanol–water partition coefficient (Wildman–Crippen LogP) is 2.90. The molecule has 0 atom stereocenters. The van der Waals surface area contributed by atoms with E-state index in [9.17, 15) is 0 Å². The summed E-state index contributed by atoms with van der Waals surface area (Å²) in [5, 5.41) is 7.89. The van der Waals surface area contributed by atoms with Crippen LogP contribution in [0.3, 0.4) is 0 Å².